The first-order valence-electron chi connectivity index (χ1n) is 10.7. The van der Waals surface area contributed by atoms with E-state index in [-0.39, 0.29) is 6.09 Å². The topological polar surface area (TPSA) is 74.0 Å². The molecule has 1 N–H and O–H groups in total. The monoisotopic (exact) mass is 409 g/mol. The molecule has 2 aromatic heterocycles. The van der Waals surface area contributed by atoms with Gasteiger partial charge in [0.15, 0.2) is 0 Å². The highest BCUT2D eigenvalue weighted by Gasteiger charge is 2.24. The Morgan fingerprint density at radius 2 is 1.93 bits per heavy atom. The maximum Gasteiger partial charge on any atom is 0.407 e. The van der Waals surface area contributed by atoms with Crippen LogP contribution in [0.2, 0.25) is 0 Å². The molecule has 1 aliphatic rings. The van der Waals surface area contributed by atoms with Gasteiger partial charge in [-0.25, -0.2) is 4.79 Å². The molecule has 160 valence electrons. The van der Waals surface area contributed by atoms with E-state index in [9.17, 15) is 4.79 Å². The van der Waals surface area contributed by atoms with Crippen LogP contribution in [0.4, 0.5) is 4.79 Å². The van der Waals surface area contributed by atoms with Gasteiger partial charge in [-0.2, -0.15) is 10.2 Å². The van der Waals surface area contributed by atoms with Gasteiger partial charge in [-0.1, -0.05) is 12.1 Å². The largest absolute Gasteiger partial charge is 0.444 e. The SMILES string of the molecule is Cn1cc(-c2ccc3cn(C4CCC(CNC(=O)OC(C)(C)C)CC4)nc3c2)cn1. The van der Waals surface area contributed by atoms with Crippen LogP contribution >= 0.6 is 0 Å². The summed E-state index contributed by atoms with van der Waals surface area (Å²) in [5, 5.41) is 13.2. The predicted octanol–water partition coefficient (Wildman–Crippen LogP) is 4.69. The first kappa shape index (κ1) is 20.4. The van der Waals surface area contributed by atoms with Crippen molar-refractivity contribution in [2.45, 2.75) is 58.1 Å². The standard InChI is InChI=1S/C23H31N5O2/c1-23(2,3)30-22(29)24-12-16-5-9-20(10-6-16)28-15-18-8-7-17(11-21(18)26-28)19-13-25-27(4)14-19/h7-8,11,13-16,20H,5-6,9-10,12H2,1-4H3,(H,24,29). The number of fused-ring (bicyclic) bond motifs is 1. The Morgan fingerprint density at radius 1 is 1.17 bits per heavy atom. The van der Waals surface area contributed by atoms with Crippen LogP contribution in [-0.4, -0.2) is 37.8 Å². The number of benzene rings is 1. The van der Waals surface area contributed by atoms with E-state index in [1.165, 1.54) is 0 Å². The maximum absolute atomic E-state index is 11.9. The number of alkyl carbamates (subject to hydrolysis) is 1. The van der Waals surface area contributed by atoms with Crippen molar-refractivity contribution in [2.75, 3.05) is 6.54 Å². The molecule has 2 heterocycles. The van der Waals surface area contributed by atoms with Crippen LogP contribution in [0.15, 0.2) is 36.8 Å². The van der Waals surface area contributed by atoms with Gasteiger partial charge in [0, 0.05) is 36.9 Å². The molecule has 7 nitrogen and oxygen atoms in total. The number of amides is 1. The second-order valence-corrected chi connectivity index (χ2v) is 9.34. The predicted molar refractivity (Wildman–Crippen MR) is 117 cm³/mol. The Balaban J connectivity index is 1.35. The van der Waals surface area contributed by atoms with Gasteiger partial charge < -0.3 is 10.1 Å². The summed E-state index contributed by atoms with van der Waals surface area (Å²) in [6, 6.07) is 6.82. The van der Waals surface area contributed by atoms with E-state index in [1.807, 2.05) is 44.9 Å². The molecule has 0 bridgehead atoms. The van der Waals surface area contributed by atoms with Crippen LogP contribution in [-0.2, 0) is 11.8 Å². The molecular weight excluding hydrogens is 378 g/mol. The van der Waals surface area contributed by atoms with Crippen LogP contribution in [0.1, 0.15) is 52.5 Å². The molecule has 0 unspecified atom stereocenters. The smallest absolute Gasteiger partial charge is 0.407 e. The van der Waals surface area contributed by atoms with Gasteiger partial charge in [-0.05, 0) is 64.0 Å². The van der Waals surface area contributed by atoms with Crippen molar-refractivity contribution in [3.63, 3.8) is 0 Å². The minimum atomic E-state index is -0.458. The summed E-state index contributed by atoms with van der Waals surface area (Å²) in [6.45, 7) is 6.32. The zero-order chi connectivity index (χ0) is 21.3. The minimum Gasteiger partial charge on any atom is -0.444 e. The fourth-order valence-electron chi connectivity index (χ4n) is 4.13. The van der Waals surface area contributed by atoms with E-state index in [2.05, 4.69) is 39.5 Å². The molecule has 0 radical (unpaired) electrons. The van der Waals surface area contributed by atoms with Crippen molar-refractivity contribution in [1.82, 2.24) is 24.9 Å². The number of hydrogen-bond donors (Lipinski definition) is 1. The summed E-state index contributed by atoms with van der Waals surface area (Å²) >= 11 is 0. The highest BCUT2D eigenvalue weighted by Crippen LogP contribution is 2.33. The molecule has 7 heteroatoms. The number of aryl methyl sites for hydroxylation is 1. The van der Waals surface area contributed by atoms with Crippen LogP contribution < -0.4 is 5.32 Å². The van der Waals surface area contributed by atoms with E-state index < -0.39 is 5.60 Å². The van der Waals surface area contributed by atoms with Crippen molar-refractivity contribution in [3.05, 3.63) is 36.8 Å². The van der Waals surface area contributed by atoms with E-state index in [0.717, 1.165) is 47.7 Å². The number of nitrogens with zero attached hydrogens (tertiary/aromatic N) is 4. The summed E-state index contributed by atoms with van der Waals surface area (Å²) in [7, 11) is 1.93. The van der Waals surface area contributed by atoms with Crippen molar-refractivity contribution >= 4 is 17.0 Å². The third-order valence-corrected chi connectivity index (χ3v) is 5.69. The third kappa shape index (κ3) is 4.83. The third-order valence-electron chi connectivity index (χ3n) is 5.69. The lowest BCUT2D eigenvalue weighted by Gasteiger charge is -2.29. The molecule has 1 amide bonds. The minimum absolute atomic E-state index is 0.327. The Labute approximate surface area is 177 Å². The Hall–Kier alpha value is -2.83. The lowest BCUT2D eigenvalue weighted by Crippen LogP contribution is -2.36. The molecular formula is C23H31N5O2. The van der Waals surface area contributed by atoms with Gasteiger partial charge in [0.25, 0.3) is 0 Å². The Morgan fingerprint density at radius 3 is 2.60 bits per heavy atom. The number of nitrogens with one attached hydrogen (secondary N) is 1. The second kappa shape index (κ2) is 8.13. The second-order valence-electron chi connectivity index (χ2n) is 9.34. The quantitative estimate of drug-likeness (QED) is 0.678. The highest BCUT2D eigenvalue weighted by atomic mass is 16.6. The van der Waals surface area contributed by atoms with Gasteiger partial charge in [0.2, 0.25) is 0 Å². The van der Waals surface area contributed by atoms with Crippen LogP contribution in [0, 0.1) is 5.92 Å². The van der Waals surface area contributed by atoms with E-state index >= 15 is 0 Å². The fraction of sp³-hybridized carbons (Fsp3) is 0.522. The summed E-state index contributed by atoms with van der Waals surface area (Å²) in [5.74, 6) is 0.496. The van der Waals surface area contributed by atoms with E-state index in [0.29, 0.717) is 18.5 Å². The molecule has 30 heavy (non-hydrogen) atoms. The molecule has 0 saturated heterocycles. The molecule has 0 atom stereocenters. The average molecular weight is 410 g/mol. The van der Waals surface area contributed by atoms with Crippen LogP contribution in [0.25, 0.3) is 22.0 Å². The van der Waals surface area contributed by atoms with Crippen molar-refractivity contribution in [3.8, 4) is 11.1 Å². The van der Waals surface area contributed by atoms with Crippen LogP contribution in [0.5, 0.6) is 0 Å². The number of carbonyl (C=O) groups excluding carboxylic acids is 1. The molecule has 1 aliphatic carbocycles. The van der Waals surface area contributed by atoms with Gasteiger partial charge in [0.1, 0.15) is 5.60 Å². The van der Waals surface area contributed by atoms with E-state index in [1.54, 1.807) is 0 Å². The van der Waals surface area contributed by atoms with Gasteiger partial charge in [-0.15, -0.1) is 0 Å². The molecule has 0 spiro atoms. The van der Waals surface area contributed by atoms with Crippen molar-refractivity contribution in [1.29, 1.82) is 0 Å². The lowest BCUT2D eigenvalue weighted by molar-refractivity contribution is 0.0513. The van der Waals surface area contributed by atoms with Crippen molar-refractivity contribution < 1.29 is 9.53 Å². The summed E-state index contributed by atoms with van der Waals surface area (Å²) in [4.78, 5) is 11.9. The van der Waals surface area contributed by atoms with Crippen molar-refractivity contribution in [2.24, 2.45) is 13.0 Å². The summed E-state index contributed by atoms with van der Waals surface area (Å²) < 4.78 is 9.27. The molecule has 3 aromatic rings. The fourth-order valence-corrected chi connectivity index (χ4v) is 4.13. The lowest BCUT2D eigenvalue weighted by atomic mass is 9.86. The van der Waals surface area contributed by atoms with Gasteiger partial charge in [-0.3, -0.25) is 9.36 Å². The average Bonchev–Trinajstić information content (AvgIpc) is 3.31. The number of aromatic nitrogens is 4. The number of carbonyl (C=O) groups is 1. The molecule has 0 aliphatic heterocycles. The molecule has 1 saturated carbocycles. The Bertz CT molecular complexity index is 1020. The number of rotatable bonds is 4. The first-order valence-corrected chi connectivity index (χ1v) is 10.7. The zero-order valence-electron chi connectivity index (χ0n) is 18.3. The maximum atomic E-state index is 11.9. The van der Waals surface area contributed by atoms with Gasteiger partial charge in [0.05, 0.1) is 17.8 Å². The summed E-state index contributed by atoms with van der Waals surface area (Å²) in [6.07, 6.45) is 10.0. The number of ether oxygens (including phenoxy) is 1. The summed E-state index contributed by atoms with van der Waals surface area (Å²) in [5.41, 5.74) is 2.80. The highest BCUT2D eigenvalue weighted by molar-refractivity contribution is 5.83. The van der Waals surface area contributed by atoms with E-state index in [4.69, 9.17) is 9.84 Å². The normalized spacial score (nSPS) is 19.7. The number of hydrogen-bond acceptors (Lipinski definition) is 4. The first-order chi connectivity index (χ1) is 14.3. The molecule has 1 fully saturated rings. The molecule has 4 rings (SSSR count). The van der Waals surface area contributed by atoms with Crippen LogP contribution in [0.3, 0.4) is 0 Å². The molecule has 1 aromatic carbocycles. The van der Waals surface area contributed by atoms with Gasteiger partial charge >= 0.3 is 6.09 Å². The zero-order valence-corrected chi connectivity index (χ0v) is 18.3. The Kier molecular flexibility index (Phi) is 5.54.